The molecule has 2 aliphatic heterocycles. The van der Waals surface area contributed by atoms with Crippen LogP contribution >= 0.6 is 0 Å². The van der Waals surface area contributed by atoms with Gasteiger partial charge in [0.1, 0.15) is 11.7 Å². The number of aryl methyl sites for hydroxylation is 2. The van der Waals surface area contributed by atoms with Gasteiger partial charge in [0.15, 0.2) is 6.10 Å². The number of ether oxygens (including phenoxy) is 1. The van der Waals surface area contributed by atoms with Crippen molar-refractivity contribution in [3.8, 4) is 5.75 Å². The molecule has 0 saturated carbocycles. The first kappa shape index (κ1) is 21.2. The quantitative estimate of drug-likeness (QED) is 0.534. The lowest BCUT2D eigenvalue weighted by Gasteiger charge is -2.29. The summed E-state index contributed by atoms with van der Waals surface area (Å²) in [5.41, 5.74) is 4.26. The van der Waals surface area contributed by atoms with Crippen LogP contribution < -0.4 is 14.7 Å². The van der Waals surface area contributed by atoms with Gasteiger partial charge in [0, 0.05) is 0 Å². The molecule has 2 aliphatic rings. The van der Waals surface area contributed by atoms with Crippen LogP contribution in [-0.4, -0.2) is 24.5 Å². The lowest BCUT2D eigenvalue weighted by atomic mass is 9.90. The molecule has 0 N–H and O–H groups in total. The number of hydroxylamine groups is 1. The Morgan fingerprint density at radius 2 is 1.64 bits per heavy atom. The number of nitrogens with zero attached hydrogens (tertiary/aromatic N) is 2. The molecule has 0 spiro atoms. The number of carbonyl (C=O) groups is 2. The summed E-state index contributed by atoms with van der Waals surface area (Å²) in [7, 11) is 0. The number of benzene rings is 3. The number of para-hydroxylation sites is 1. The van der Waals surface area contributed by atoms with Crippen molar-refractivity contribution >= 4 is 23.2 Å². The fraction of sp³-hybridized carbons (Fsp3) is 0.259. The van der Waals surface area contributed by atoms with Crippen molar-refractivity contribution in [1.82, 2.24) is 0 Å². The van der Waals surface area contributed by atoms with E-state index in [0.717, 1.165) is 28.1 Å². The molecule has 2 amide bonds. The Bertz CT molecular complexity index is 1190. The zero-order chi connectivity index (χ0) is 23.1. The second-order valence-corrected chi connectivity index (χ2v) is 8.46. The van der Waals surface area contributed by atoms with Crippen LogP contribution in [0.3, 0.4) is 0 Å². The maximum absolute atomic E-state index is 13.7. The van der Waals surface area contributed by atoms with E-state index >= 15 is 0 Å². The monoisotopic (exact) mass is 442 g/mol. The minimum Gasteiger partial charge on any atom is -0.494 e. The molecule has 3 aromatic rings. The Balaban J connectivity index is 1.56. The highest BCUT2D eigenvalue weighted by Gasteiger charge is 2.60. The van der Waals surface area contributed by atoms with Crippen LogP contribution in [-0.2, 0) is 14.4 Å². The zero-order valence-electron chi connectivity index (χ0n) is 18.9. The van der Waals surface area contributed by atoms with E-state index in [9.17, 15) is 9.59 Å². The van der Waals surface area contributed by atoms with Crippen LogP contribution in [0.4, 0.5) is 11.4 Å². The molecular weight excluding hydrogens is 416 g/mol. The maximum atomic E-state index is 13.7. The third-order valence-corrected chi connectivity index (χ3v) is 6.25. The smallest absolute Gasteiger partial charge is 0.266 e. The van der Waals surface area contributed by atoms with Crippen molar-refractivity contribution in [2.24, 2.45) is 5.92 Å². The summed E-state index contributed by atoms with van der Waals surface area (Å²) in [6, 6.07) is 22.5. The number of anilines is 2. The Kier molecular flexibility index (Phi) is 5.38. The Hall–Kier alpha value is -3.64. The fourth-order valence-corrected chi connectivity index (χ4v) is 4.77. The second kappa shape index (κ2) is 8.37. The molecule has 3 aromatic carbocycles. The Morgan fingerprint density at radius 3 is 2.30 bits per heavy atom. The second-order valence-electron chi connectivity index (χ2n) is 8.46. The molecule has 168 valence electrons. The topological polar surface area (TPSA) is 59.1 Å². The van der Waals surface area contributed by atoms with Crippen molar-refractivity contribution in [2.75, 3.05) is 16.6 Å². The van der Waals surface area contributed by atoms with Gasteiger partial charge < -0.3 is 4.74 Å². The highest BCUT2D eigenvalue weighted by Crippen LogP contribution is 2.48. The van der Waals surface area contributed by atoms with Crippen molar-refractivity contribution in [1.29, 1.82) is 0 Å². The third kappa shape index (κ3) is 3.56. The largest absolute Gasteiger partial charge is 0.494 e. The molecule has 6 nitrogen and oxygen atoms in total. The molecule has 2 fully saturated rings. The van der Waals surface area contributed by atoms with E-state index in [4.69, 9.17) is 9.57 Å². The van der Waals surface area contributed by atoms with Crippen LogP contribution in [0.5, 0.6) is 5.75 Å². The highest BCUT2D eigenvalue weighted by atomic mass is 16.7. The molecule has 33 heavy (non-hydrogen) atoms. The lowest BCUT2D eigenvalue weighted by Crippen LogP contribution is -2.37. The van der Waals surface area contributed by atoms with Crippen molar-refractivity contribution in [3.05, 3.63) is 89.5 Å². The summed E-state index contributed by atoms with van der Waals surface area (Å²) >= 11 is 0. The average molecular weight is 443 g/mol. The SMILES string of the molecule is CCOc1ccc([C@@H]2[C@H]3C(=O)N(c4ccc(C)cc4C)C(=O)[C@@H]3ON2c2ccccc2)cc1. The number of amides is 2. The van der Waals surface area contributed by atoms with E-state index in [1.165, 1.54) is 4.90 Å². The Labute approximate surface area is 193 Å². The van der Waals surface area contributed by atoms with Gasteiger partial charge in [0.25, 0.3) is 5.91 Å². The molecule has 0 aromatic heterocycles. The molecular formula is C27H26N2O4. The highest BCUT2D eigenvalue weighted by molar-refractivity contribution is 6.24. The van der Waals surface area contributed by atoms with E-state index in [0.29, 0.717) is 12.3 Å². The van der Waals surface area contributed by atoms with E-state index in [2.05, 4.69) is 0 Å². The number of hydrogen-bond acceptors (Lipinski definition) is 5. The first-order valence-electron chi connectivity index (χ1n) is 11.2. The number of hydrogen-bond donors (Lipinski definition) is 0. The van der Waals surface area contributed by atoms with Gasteiger partial charge in [-0.1, -0.05) is 48.0 Å². The molecule has 0 aliphatic carbocycles. The van der Waals surface area contributed by atoms with E-state index in [-0.39, 0.29) is 11.8 Å². The number of fused-ring (bicyclic) bond motifs is 1. The summed E-state index contributed by atoms with van der Waals surface area (Å²) in [6.45, 7) is 6.41. The maximum Gasteiger partial charge on any atom is 0.266 e. The number of imide groups is 1. The van der Waals surface area contributed by atoms with Crippen LogP contribution in [0.1, 0.15) is 29.7 Å². The summed E-state index contributed by atoms with van der Waals surface area (Å²) in [5.74, 6) is -0.467. The first-order valence-corrected chi connectivity index (χ1v) is 11.2. The first-order chi connectivity index (χ1) is 16.0. The molecule has 5 rings (SSSR count). The van der Waals surface area contributed by atoms with E-state index in [1.54, 1.807) is 5.06 Å². The van der Waals surface area contributed by atoms with Crippen LogP contribution in [0.15, 0.2) is 72.8 Å². The number of rotatable bonds is 5. The molecule has 2 heterocycles. The van der Waals surface area contributed by atoms with Gasteiger partial charge in [0.2, 0.25) is 5.91 Å². The van der Waals surface area contributed by atoms with Crippen molar-refractivity contribution < 1.29 is 19.2 Å². The summed E-state index contributed by atoms with van der Waals surface area (Å²) in [4.78, 5) is 34.7. The Morgan fingerprint density at radius 1 is 0.909 bits per heavy atom. The molecule has 0 radical (unpaired) electrons. The minimum absolute atomic E-state index is 0.241. The summed E-state index contributed by atoms with van der Waals surface area (Å²) in [5, 5.41) is 1.71. The summed E-state index contributed by atoms with van der Waals surface area (Å²) in [6.07, 6.45) is -0.880. The van der Waals surface area contributed by atoms with Gasteiger partial charge in [-0.05, 0) is 62.2 Å². The van der Waals surface area contributed by atoms with Gasteiger partial charge >= 0.3 is 0 Å². The predicted molar refractivity (Wildman–Crippen MR) is 126 cm³/mol. The van der Waals surface area contributed by atoms with Gasteiger partial charge in [0.05, 0.1) is 24.0 Å². The molecule has 2 saturated heterocycles. The van der Waals surface area contributed by atoms with Crippen molar-refractivity contribution in [2.45, 2.75) is 32.9 Å². The molecule has 6 heteroatoms. The summed E-state index contributed by atoms with van der Waals surface area (Å²) < 4.78 is 5.58. The number of carbonyl (C=O) groups excluding carboxylic acids is 2. The predicted octanol–water partition coefficient (Wildman–Crippen LogP) is 4.75. The third-order valence-electron chi connectivity index (χ3n) is 6.25. The fourth-order valence-electron chi connectivity index (χ4n) is 4.77. The van der Waals surface area contributed by atoms with Crippen LogP contribution in [0.2, 0.25) is 0 Å². The minimum atomic E-state index is -0.880. The van der Waals surface area contributed by atoms with Crippen LogP contribution in [0, 0.1) is 19.8 Å². The standard InChI is InChI=1S/C27H26N2O4/c1-4-32-21-13-11-19(12-14-21)24-23-25(33-29(24)20-8-6-5-7-9-20)27(31)28(26(23)30)22-15-10-17(2)16-18(22)3/h5-16,23-25H,4H2,1-3H3/t23-,24-,25-/m1/s1. The van der Waals surface area contributed by atoms with Gasteiger partial charge in [-0.2, -0.15) is 0 Å². The van der Waals surface area contributed by atoms with E-state index in [1.807, 2.05) is 93.6 Å². The van der Waals surface area contributed by atoms with Crippen molar-refractivity contribution in [3.63, 3.8) is 0 Å². The van der Waals surface area contributed by atoms with Gasteiger partial charge in [-0.25, -0.2) is 9.96 Å². The van der Waals surface area contributed by atoms with Gasteiger partial charge in [-0.15, -0.1) is 0 Å². The molecule has 0 unspecified atom stereocenters. The molecule has 3 atom stereocenters. The van der Waals surface area contributed by atoms with Gasteiger partial charge in [-0.3, -0.25) is 14.4 Å². The zero-order valence-corrected chi connectivity index (χ0v) is 18.9. The average Bonchev–Trinajstić information content (AvgIpc) is 3.32. The van der Waals surface area contributed by atoms with Crippen LogP contribution in [0.25, 0.3) is 0 Å². The molecule has 0 bridgehead atoms. The normalized spacial score (nSPS) is 22.1. The van der Waals surface area contributed by atoms with E-state index < -0.39 is 18.1 Å². The lowest BCUT2D eigenvalue weighted by molar-refractivity contribution is -0.126.